The quantitative estimate of drug-likeness (QED) is 0.333. The number of aliphatic hydroxyl groups is 1. The Morgan fingerprint density at radius 1 is 1.10 bits per heavy atom. The molecule has 0 aromatic carbocycles. The van der Waals surface area contributed by atoms with Crippen LogP contribution in [0.1, 0.15) is 120 Å². The molecule has 2 aliphatic carbocycles. The van der Waals surface area contributed by atoms with E-state index < -0.39 is 0 Å². The highest BCUT2D eigenvalue weighted by Crippen LogP contribution is 2.64. The summed E-state index contributed by atoms with van der Waals surface area (Å²) in [6, 6.07) is 0. The highest BCUT2D eigenvalue weighted by molar-refractivity contribution is 5.15. The highest BCUT2D eigenvalue weighted by Gasteiger charge is 2.56. The van der Waals surface area contributed by atoms with Crippen LogP contribution in [0.25, 0.3) is 0 Å². The first-order valence-electron chi connectivity index (χ1n) is 13.3. The van der Waals surface area contributed by atoms with E-state index in [4.69, 9.17) is 0 Å². The predicted molar refractivity (Wildman–Crippen MR) is 133 cm³/mol. The van der Waals surface area contributed by atoms with Gasteiger partial charge in [-0.2, -0.15) is 0 Å². The molecule has 0 heterocycles. The van der Waals surface area contributed by atoms with Crippen LogP contribution in [0.2, 0.25) is 0 Å². The monoisotopic (exact) mass is 418 g/mol. The summed E-state index contributed by atoms with van der Waals surface area (Å²) in [5.74, 6) is 5.02. The van der Waals surface area contributed by atoms with Gasteiger partial charge in [-0.25, -0.2) is 0 Å². The SMILES string of the molecule is C=C(C[C@@H](O)CC)C(C)(C)C1CC[C@@]2(C)C(CCC2[C@@H](C)CCCC(C)C)C1CC. The van der Waals surface area contributed by atoms with Crippen molar-refractivity contribution in [3.05, 3.63) is 12.2 Å². The Labute approximate surface area is 189 Å². The molecule has 2 aliphatic rings. The zero-order valence-corrected chi connectivity index (χ0v) is 21.8. The van der Waals surface area contributed by atoms with Crippen molar-refractivity contribution >= 4 is 0 Å². The van der Waals surface area contributed by atoms with Crippen molar-refractivity contribution in [2.75, 3.05) is 0 Å². The van der Waals surface area contributed by atoms with Gasteiger partial charge in [0, 0.05) is 0 Å². The second-order valence-electron chi connectivity index (χ2n) is 12.4. The molecule has 1 nitrogen and oxygen atoms in total. The van der Waals surface area contributed by atoms with E-state index in [2.05, 4.69) is 62.0 Å². The third-order valence-electron chi connectivity index (χ3n) is 9.90. The molecule has 2 rings (SSSR count). The van der Waals surface area contributed by atoms with Gasteiger partial charge in [0.1, 0.15) is 0 Å². The molecule has 0 radical (unpaired) electrons. The molecule has 1 N–H and O–H groups in total. The average Bonchev–Trinajstić information content (AvgIpc) is 3.03. The van der Waals surface area contributed by atoms with E-state index in [1.54, 1.807) is 0 Å². The van der Waals surface area contributed by atoms with Gasteiger partial charge in [0.25, 0.3) is 0 Å². The van der Waals surface area contributed by atoms with Crippen molar-refractivity contribution in [2.45, 2.75) is 126 Å². The zero-order valence-electron chi connectivity index (χ0n) is 21.8. The van der Waals surface area contributed by atoms with E-state index in [1.807, 2.05) is 0 Å². The maximum atomic E-state index is 10.2. The molecular formula is C29H54O. The number of fused-ring (bicyclic) bond motifs is 1. The van der Waals surface area contributed by atoms with Gasteiger partial charge < -0.3 is 5.11 Å². The van der Waals surface area contributed by atoms with E-state index in [0.717, 1.165) is 42.4 Å². The summed E-state index contributed by atoms with van der Waals surface area (Å²) in [6.45, 7) is 23.8. The normalized spacial score (nSPS) is 34.1. The summed E-state index contributed by atoms with van der Waals surface area (Å²) in [7, 11) is 0. The molecule has 0 aromatic rings. The van der Waals surface area contributed by atoms with E-state index in [9.17, 15) is 5.11 Å². The first kappa shape index (κ1) is 26.0. The summed E-state index contributed by atoms with van der Waals surface area (Å²) in [5, 5.41) is 10.2. The Bertz CT molecular complexity index is 547. The number of hydrogen-bond donors (Lipinski definition) is 1. The highest BCUT2D eigenvalue weighted by atomic mass is 16.3. The van der Waals surface area contributed by atoms with Crippen LogP contribution >= 0.6 is 0 Å². The Balaban J connectivity index is 2.13. The summed E-state index contributed by atoms with van der Waals surface area (Å²) in [6.07, 6.45) is 12.5. The van der Waals surface area contributed by atoms with Crippen molar-refractivity contribution < 1.29 is 5.11 Å². The minimum atomic E-state index is -0.228. The lowest BCUT2D eigenvalue weighted by atomic mass is 9.51. The second kappa shape index (κ2) is 10.5. The van der Waals surface area contributed by atoms with Gasteiger partial charge in [-0.3, -0.25) is 0 Å². The van der Waals surface area contributed by atoms with Crippen molar-refractivity contribution in [2.24, 2.45) is 46.3 Å². The van der Waals surface area contributed by atoms with Crippen LogP contribution in [0.15, 0.2) is 12.2 Å². The molecular weight excluding hydrogens is 364 g/mol. The molecule has 7 atom stereocenters. The molecule has 0 aliphatic heterocycles. The summed E-state index contributed by atoms with van der Waals surface area (Å²) >= 11 is 0. The average molecular weight is 419 g/mol. The molecule has 0 aromatic heterocycles. The molecule has 1 heteroatoms. The lowest BCUT2D eigenvalue weighted by Crippen LogP contribution is -2.47. The maximum absolute atomic E-state index is 10.2. The molecule has 0 amide bonds. The molecule has 0 bridgehead atoms. The molecule has 4 unspecified atom stereocenters. The van der Waals surface area contributed by atoms with Crippen LogP contribution in [0, 0.1) is 46.3 Å². The fourth-order valence-corrected chi connectivity index (χ4v) is 7.73. The van der Waals surface area contributed by atoms with Crippen molar-refractivity contribution in [1.82, 2.24) is 0 Å². The van der Waals surface area contributed by atoms with Crippen LogP contribution < -0.4 is 0 Å². The minimum absolute atomic E-state index is 0.124. The van der Waals surface area contributed by atoms with Crippen molar-refractivity contribution in [1.29, 1.82) is 0 Å². The van der Waals surface area contributed by atoms with Gasteiger partial charge in [0.05, 0.1) is 6.10 Å². The van der Waals surface area contributed by atoms with Gasteiger partial charge >= 0.3 is 0 Å². The van der Waals surface area contributed by atoms with Crippen LogP contribution in [-0.4, -0.2) is 11.2 Å². The number of hydrogen-bond acceptors (Lipinski definition) is 1. The Morgan fingerprint density at radius 2 is 1.77 bits per heavy atom. The standard InChI is InChI=1S/C29H54O/c1-10-23(30)19-22(6)28(7,8)26-17-18-29(9)25(15-16-27(29)24(26)11-2)21(5)14-12-13-20(3)4/h20-21,23-27,30H,6,10-19H2,1-5,7-9H3/t21-,23-,24?,25?,26?,27?,29+/m0/s1. The fourth-order valence-electron chi connectivity index (χ4n) is 7.73. The van der Waals surface area contributed by atoms with E-state index in [0.29, 0.717) is 11.3 Å². The van der Waals surface area contributed by atoms with Crippen molar-refractivity contribution in [3.63, 3.8) is 0 Å². The molecule has 176 valence electrons. The van der Waals surface area contributed by atoms with E-state index in [-0.39, 0.29) is 11.5 Å². The van der Waals surface area contributed by atoms with Gasteiger partial charge in [-0.1, -0.05) is 93.2 Å². The molecule has 0 spiro atoms. The summed E-state index contributed by atoms with van der Waals surface area (Å²) in [4.78, 5) is 0. The minimum Gasteiger partial charge on any atom is -0.393 e. The summed E-state index contributed by atoms with van der Waals surface area (Å²) in [5.41, 5.74) is 1.94. The molecule has 0 saturated heterocycles. The predicted octanol–water partition coefficient (Wildman–Crippen LogP) is 8.66. The lowest BCUT2D eigenvalue weighted by molar-refractivity contribution is -0.0377. The van der Waals surface area contributed by atoms with E-state index in [1.165, 1.54) is 56.9 Å². The van der Waals surface area contributed by atoms with Gasteiger partial charge in [-0.05, 0) is 84.9 Å². The third kappa shape index (κ3) is 5.36. The molecule has 30 heavy (non-hydrogen) atoms. The van der Waals surface area contributed by atoms with Crippen LogP contribution in [0.3, 0.4) is 0 Å². The molecule has 2 saturated carbocycles. The zero-order chi connectivity index (χ0) is 22.7. The third-order valence-corrected chi connectivity index (χ3v) is 9.90. The number of aliphatic hydroxyl groups excluding tert-OH is 1. The topological polar surface area (TPSA) is 20.2 Å². The first-order valence-corrected chi connectivity index (χ1v) is 13.3. The lowest BCUT2D eigenvalue weighted by Gasteiger charge is -2.54. The van der Waals surface area contributed by atoms with Crippen LogP contribution in [0.4, 0.5) is 0 Å². The molecule has 2 fully saturated rings. The maximum Gasteiger partial charge on any atom is 0.0574 e. The Morgan fingerprint density at radius 3 is 2.33 bits per heavy atom. The van der Waals surface area contributed by atoms with Crippen molar-refractivity contribution in [3.8, 4) is 0 Å². The van der Waals surface area contributed by atoms with Crippen LogP contribution in [0.5, 0.6) is 0 Å². The number of rotatable bonds is 11. The Hall–Kier alpha value is -0.300. The van der Waals surface area contributed by atoms with Crippen LogP contribution in [-0.2, 0) is 0 Å². The van der Waals surface area contributed by atoms with Gasteiger partial charge in [-0.15, -0.1) is 0 Å². The first-order chi connectivity index (χ1) is 14.0. The van der Waals surface area contributed by atoms with Gasteiger partial charge in [0.15, 0.2) is 0 Å². The van der Waals surface area contributed by atoms with E-state index >= 15 is 0 Å². The largest absolute Gasteiger partial charge is 0.393 e. The van der Waals surface area contributed by atoms with Gasteiger partial charge in [0.2, 0.25) is 0 Å². The second-order valence-corrected chi connectivity index (χ2v) is 12.4. The smallest absolute Gasteiger partial charge is 0.0574 e. The Kier molecular flexibility index (Phi) is 9.12. The summed E-state index contributed by atoms with van der Waals surface area (Å²) < 4.78 is 0. The fraction of sp³-hybridized carbons (Fsp3) is 0.931.